The summed E-state index contributed by atoms with van der Waals surface area (Å²) in [5.41, 5.74) is 0. The molecule has 1 fully saturated rings. The Labute approximate surface area is 123 Å². The summed E-state index contributed by atoms with van der Waals surface area (Å²) in [5.74, 6) is 0.829. The fourth-order valence-electron chi connectivity index (χ4n) is 2.30. The van der Waals surface area contributed by atoms with Crippen molar-refractivity contribution in [2.45, 2.75) is 12.8 Å². The van der Waals surface area contributed by atoms with Crippen LogP contribution in [0.4, 0.5) is 5.82 Å². The zero-order valence-corrected chi connectivity index (χ0v) is 12.3. The SMILES string of the molecule is COCCNC(=O)[C@@H]1CCCN(c2ccc(Cl)nn2)C1. The van der Waals surface area contributed by atoms with Crippen LogP contribution in [-0.4, -0.2) is 49.5 Å². The molecule has 2 heterocycles. The minimum Gasteiger partial charge on any atom is -0.383 e. The Kier molecular flexibility index (Phi) is 5.55. The number of aromatic nitrogens is 2. The molecule has 0 unspecified atom stereocenters. The van der Waals surface area contributed by atoms with Crippen molar-refractivity contribution in [2.75, 3.05) is 38.3 Å². The van der Waals surface area contributed by atoms with Crippen LogP contribution in [0.2, 0.25) is 5.15 Å². The van der Waals surface area contributed by atoms with E-state index in [0.29, 0.717) is 24.8 Å². The summed E-state index contributed by atoms with van der Waals surface area (Å²) in [6, 6.07) is 3.55. The van der Waals surface area contributed by atoms with E-state index in [4.69, 9.17) is 16.3 Å². The third-order valence-corrected chi connectivity index (χ3v) is 3.54. The Hall–Kier alpha value is -1.40. The van der Waals surface area contributed by atoms with Gasteiger partial charge >= 0.3 is 0 Å². The molecule has 0 aromatic carbocycles. The molecule has 6 nitrogen and oxygen atoms in total. The number of carbonyl (C=O) groups is 1. The Morgan fingerprint density at radius 3 is 3.10 bits per heavy atom. The fourth-order valence-corrected chi connectivity index (χ4v) is 2.40. The van der Waals surface area contributed by atoms with E-state index in [9.17, 15) is 4.79 Å². The van der Waals surface area contributed by atoms with Crippen LogP contribution >= 0.6 is 11.6 Å². The first-order chi connectivity index (χ1) is 9.70. The number of piperidine rings is 1. The third-order valence-electron chi connectivity index (χ3n) is 3.34. The molecule has 1 aliphatic heterocycles. The standard InChI is InChI=1S/C13H19ClN4O2/c1-20-8-6-15-13(19)10-3-2-7-18(9-10)12-5-4-11(14)16-17-12/h4-5,10H,2-3,6-9H2,1H3,(H,15,19)/t10-/m1/s1. The molecule has 1 atom stereocenters. The number of rotatable bonds is 5. The molecule has 1 aliphatic rings. The molecule has 0 radical (unpaired) electrons. The number of methoxy groups -OCH3 is 1. The third kappa shape index (κ3) is 4.05. The lowest BCUT2D eigenvalue weighted by Gasteiger charge is -2.32. The van der Waals surface area contributed by atoms with Gasteiger partial charge < -0.3 is 15.0 Å². The molecule has 20 heavy (non-hydrogen) atoms. The average Bonchev–Trinajstić information content (AvgIpc) is 2.48. The molecular weight excluding hydrogens is 280 g/mol. The monoisotopic (exact) mass is 298 g/mol. The zero-order chi connectivity index (χ0) is 14.4. The second-order valence-corrected chi connectivity index (χ2v) is 5.17. The Bertz CT molecular complexity index is 441. The molecule has 2 rings (SSSR count). The quantitative estimate of drug-likeness (QED) is 0.825. The van der Waals surface area contributed by atoms with E-state index in [1.807, 2.05) is 6.07 Å². The van der Waals surface area contributed by atoms with Gasteiger partial charge in [0.05, 0.1) is 12.5 Å². The maximum absolute atomic E-state index is 12.1. The van der Waals surface area contributed by atoms with Crippen LogP contribution in [-0.2, 0) is 9.53 Å². The Morgan fingerprint density at radius 2 is 2.40 bits per heavy atom. The second kappa shape index (κ2) is 7.40. The van der Waals surface area contributed by atoms with Crippen LogP contribution in [0.1, 0.15) is 12.8 Å². The highest BCUT2D eigenvalue weighted by Gasteiger charge is 2.26. The van der Waals surface area contributed by atoms with Crippen molar-refractivity contribution in [1.29, 1.82) is 0 Å². The maximum Gasteiger partial charge on any atom is 0.224 e. The van der Waals surface area contributed by atoms with Crippen molar-refractivity contribution in [1.82, 2.24) is 15.5 Å². The molecule has 1 saturated heterocycles. The van der Waals surface area contributed by atoms with Gasteiger partial charge in [0.15, 0.2) is 11.0 Å². The lowest BCUT2D eigenvalue weighted by atomic mass is 9.97. The van der Waals surface area contributed by atoms with Crippen molar-refractivity contribution in [3.05, 3.63) is 17.3 Å². The number of ether oxygens (including phenoxy) is 1. The molecule has 1 aromatic heterocycles. The van der Waals surface area contributed by atoms with E-state index >= 15 is 0 Å². The minimum atomic E-state index is -0.0157. The number of halogens is 1. The van der Waals surface area contributed by atoms with E-state index in [0.717, 1.165) is 25.2 Å². The first-order valence-electron chi connectivity index (χ1n) is 6.71. The molecule has 110 valence electrons. The first-order valence-corrected chi connectivity index (χ1v) is 7.09. The number of nitrogens with zero attached hydrogens (tertiary/aromatic N) is 3. The predicted molar refractivity (Wildman–Crippen MR) is 76.9 cm³/mol. The topological polar surface area (TPSA) is 67.3 Å². The summed E-state index contributed by atoms with van der Waals surface area (Å²) >= 11 is 5.73. The molecule has 0 spiro atoms. The first kappa shape index (κ1) is 15.0. The van der Waals surface area contributed by atoms with E-state index in [-0.39, 0.29) is 11.8 Å². The second-order valence-electron chi connectivity index (χ2n) is 4.78. The van der Waals surface area contributed by atoms with Crippen LogP contribution in [0.3, 0.4) is 0 Å². The molecule has 7 heteroatoms. The van der Waals surface area contributed by atoms with Crippen LogP contribution in [0.5, 0.6) is 0 Å². The molecule has 0 aliphatic carbocycles. The van der Waals surface area contributed by atoms with Gasteiger partial charge in [-0.3, -0.25) is 4.79 Å². The summed E-state index contributed by atoms with van der Waals surface area (Å²) in [7, 11) is 1.62. The van der Waals surface area contributed by atoms with E-state index in [1.165, 1.54) is 0 Å². The number of anilines is 1. The number of amides is 1. The normalized spacial score (nSPS) is 18.9. The molecule has 1 N–H and O–H groups in total. The highest BCUT2D eigenvalue weighted by Crippen LogP contribution is 2.21. The van der Waals surface area contributed by atoms with Crippen LogP contribution in [0, 0.1) is 5.92 Å². The molecule has 0 bridgehead atoms. The van der Waals surface area contributed by atoms with Crippen LogP contribution < -0.4 is 10.2 Å². The zero-order valence-electron chi connectivity index (χ0n) is 11.5. The summed E-state index contributed by atoms with van der Waals surface area (Å²) in [5, 5.41) is 11.2. The summed E-state index contributed by atoms with van der Waals surface area (Å²) in [6.07, 6.45) is 1.86. The van der Waals surface area contributed by atoms with Crippen molar-refractivity contribution in [2.24, 2.45) is 5.92 Å². The van der Waals surface area contributed by atoms with E-state index in [2.05, 4.69) is 20.4 Å². The highest BCUT2D eigenvalue weighted by atomic mass is 35.5. The van der Waals surface area contributed by atoms with Crippen LogP contribution in [0.15, 0.2) is 12.1 Å². The fraction of sp³-hybridized carbons (Fsp3) is 0.615. The Balaban J connectivity index is 1.91. The van der Waals surface area contributed by atoms with Gasteiger partial charge in [0.1, 0.15) is 0 Å². The molecule has 1 amide bonds. The van der Waals surface area contributed by atoms with Gasteiger partial charge in [-0.2, -0.15) is 0 Å². The lowest BCUT2D eigenvalue weighted by molar-refractivity contribution is -0.125. The van der Waals surface area contributed by atoms with Gasteiger partial charge in [-0.1, -0.05) is 11.6 Å². The van der Waals surface area contributed by atoms with Crippen molar-refractivity contribution >= 4 is 23.3 Å². The lowest BCUT2D eigenvalue weighted by Crippen LogP contribution is -2.44. The largest absolute Gasteiger partial charge is 0.383 e. The van der Waals surface area contributed by atoms with Gasteiger partial charge in [0.25, 0.3) is 0 Å². The summed E-state index contributed by atoms with van der Waals surface area (Å²) in [6.45, 7) is 2.63. The molecule has 1 aromatic rings. The summed E-state index contributed by atoms with van der Waals surface area (Å²) < 4.78 is 4.93. The maximum atomic E-state index is 12.1. The minimum absolute atomic E-state index is 0.0157. The predicted octanol–water partition coefficient (Wildman–Crippen LogP) is 1.11. The van der Waals surface area contributed by atoms with E-state index in [1.54, 1.807) is 13.2 Å². The van der Waals surface area contributed by atoms with Crippen molar-refractivity contribution in [3.8, 4) is 0 Å². The van der Waals surface area contributed by atoms with Gasteiger partial charge in [-0.05, 0) is 25.0 Å². The summed E-state index contributed by atoms with van der Waals surface area (Å²) in [4.78, 5) is 14.1. The average molecular weight is 299 g/mol. The van der Waals surface area contributed by atoms with Gasteiger partial charge in [0.2, 0.25) is 5.91 Å². The van der Waals surface area contributed by atoms with Crippen LogP contribution in [0.25, 0.3) is 0 Å². The van der Waals surface area contributed by atoms with Gasteiger partial charge in [-0.15, -0.1) is 10.2 Å². The molecule has 0 saturated carbocycles. The van der Waals surface area contributed by atoms with E-state index < -0.39 is 0 Å². The number of carbonyl (C=O) groups excluding carboxylic acids is 1. The van der Waals surface area contributed by atoms with Gasteiger partial charge in [-0.25, -0.2) is 0 Å². The molecular formula is C13H19ClN4O2. The van der Waals surface area contributed by atoms with Crippen molar-refractivity contribution in [3.63, 3.8) is 0 Å². The van der Waals surface area contributed by atoms with Gasteiger partial charge in [0, 0.05) is 26.7 Å². The van der Waals surface area contributed by atoms with Crippen molar-refractivity contribution < 1.29 is 9.53 Å². The smallest absolute Gasteiger partial charge is 0.224 e. The Morgan fingerprint density at radius 1 is 1.55 bits per heavy atom. The number of nitrogens with one attached hydrogen (secondary N) is 1. The number of hydrogen-bond donors (Lipinski definition) is 1. The number of hydrogen-bond acceptors (Lipinski definition) is 5. The highest BCUT2D eigenvalue weighted by molar-refractivity contribution is 6.29.